The van der Waals surface area contributed by atoms with Crippen LogP contribution in [0.15, 0.2) is 24.3 Å². The Hall–Kier alpha value is -1.23. The van der Waals surface area contributed by atoms with Gasteiger partial charge in [0, 0.05) is 30.9 Å². The number of nitrogens with one attached hydrogen (secondary N) is 1. The van der Waals surface area contributed by atoms with E-state index in [9.17, 15) is 13.2 Å². The summed E-state index contributed by atoms with van der Waals surface area (Å²) in [5.74, 6) is 0. The molecule has 1 aromatic carbocycles. The molecule has 1 rings (SSSR count). The average Bonchev–Trinajstić information content (AvgIpc) is 2.33. The monoisotopic (exact) mass is 288 g/mol. The van der Waals surface area contributed by atoms with Crippen molar-refractivity contribution >= 4 is 5.69 Å². The summed E-state index contributed by atoms with van der Waals surface area (Å²) in [6.45, 7) is 9.55. The molecule has 0 bridgehead atoms. The molecule has 1 N–H and O–H groups in total. The summed E-state index contributed by atoms with van der Waals surface area (Å²) in [5.41, 5.74) is -0.465. The highest BCUT2D eigenvalue weighted by Gasteiger charge is 2.33. The molecule has 2 nitrogen and oxygen atoms in total. The number of hydrogen-bond donors (Lipinski definition) is 1. The van der Waals surface area contributed by atoms with Crippen LogP contribution in [0.25, 0.3) is 0 Å². The van der Waals surface area contributed by atoms with Crippen molar-refractivity contribution in [3.05, 3.63) is 29.8 Å². The Kier molecular flexibility index (Phi) is 5.87. The van der Waals surface area contributed by atoms with Gasteiger partial charge in [-0.25, -0.2) is 0 Å². The molecule has 0 fully saturated rings. The number of para-hydroxylation sites is 1. The van der Waals surface area contributed by atoms with E-state index in [2.05, 4.69) is 37.9 Å². The fourth-order valence-electron chi connectivity index (χ4n) is 2.32. The first-order valence-electron chi connectivity index (χ1n) is 6.89. The van der Waals surface area contributed by atoms with Crippen LogP contribution in [0.5, 0.6) is 0 Å². The Morgan fingerprint density at radius 2 is 1.60 bits per heavy atom. The largest absolute Gasteiger partial charge is 0.418 e. The highest BCUT2D eigenvalue weighted by molar-refractivity contribution is 5.52. The van der Waals surface area contributed by atoms with E-state index in [0.717, 1.165) is 6.07 Å². The Bertz CT molecular complexity index is 406. The van der Waals surface area contributed by atoms with E-state index in [1.165, 1.54) is 12.1 Å². The number of anilines is 1. The fourth-order valence-corrected chi connectivity index (χ4v) is 2.32. The van der Waals surface area contributed by atoms with Crippen LogP contribution in [0.3, 0.4) is 0 Å². The third-order valence-electron chi connectivity index (χ3n) is 3.24. The van der Waals surface area contributed by atoms with E-state index >= 15 is 0 Å². The third-order valence-corrected chi connectivity index (χ3v) is 3.24. The highest BCUT2D eigenvalue weighted by Crippen LogP contribution is 2.34. The molecular weight excluding hydrogens is 265 g/mol. The lowest BCUT2D eigenvalue weighted by atomic mass is 10.1. The second kappa shape index (κ2) is 6.97. The van der Waals surface area contributed by atoms with Gasteiger partial charge in [0.05, 0.1) is 5.56 Å². The lowest BCUT2D eigenvalue weighted by Crippen LogP contribution is -2.40. The molecule has 0 saturated carbocycles. The quantitative estimate of drug-likeness (QED) is 0.842. The summed E-state index contributed by atoms with van der Waals surface area (Å²) >= 11 is 0. The van der Waals surface area contributed by atoms with Crippen molar-refractivity contribution in [3.8, 4) is 0 Å². The van der Waals surface area contributed by atoms with Crippen molar-refractivity contribution in [2.24, 2.45) is 0 Å². The maximum atomic E-state index is 12.8. The lowest BCUT2D eigenvalue weighted by Gasteiger charge is -2.30. The van der Waals surface area contributed by atoms with Crippen LogP contribution in [0.1, 0.15) is 33.3 Å². The molecule has 0 aliphatic heterocycles. The number of benzene rings is 1. The molecule has 0 unspecified atom stereocenters. The maximum Gasteiger partial charge on any atom is 0.418 e. The van der Waals surface area contributed by atoms with Crippen LogP contribution in [-0.2, 0) is 6.18 Å². The van der Waals surface area contributed by atoms with Gasteiger partial charge in [0.15, 0.2) is 0 Å². The maximum absolute atomic E-state index is 12.8. The minimum Gasteiger partial charge on any atom is -0.383 e. The number of hydrogen-bond acceptors (Lipinski definition) is 2. The molecule has 0 aromatic heterocycles. The van der Waals surface area contributed by atoms with Gasteiger partial charge in [-0.2, -0.15) is 13.2 Å². The number of rotatable bonds is 6. The minimum atomic E-state index is -4.32. The van der Waals surface area contributed by atoms with Crippen molar-refractivity contribution in [1.29, 1.82) is 0 Å². The van der Waals surface area contributed by atoms with Gasteiger partial charge < -0.3 is 5.32 Å². The molecule has 5 heteroatoms. The number of halogens is 3. The summed E-state index contributed by atoms with van der Waals surface area (Å²) in [6, 6.07) is 6.33. The fraction of sp³-hybridized carbons (Fsp3) is 0.600. The first kappa shape index (κ1) is 16.8. The Morgan fingerprint density at radius 1 is 1.05 bits per heavy atom. The molecule has 0 aliphatic carbocycles. The predicted octanol–water partition coefficient (Wildman–Crippen LogP) is 4.24. The Labute approximate surface area is 119 Å². The van der Waals surface area contributed by atoms with Gasteiger partial charge in [0.2, 0.25) is 0 Å². The normalized spacial score (nSPS) is 12.5. The second-order valence-electron chi connectivity index (χ2n) is 5.40. The van der Waals surface area contributed by atoms with Crippen LogP contribution in [0.2, 0.25) is 0 Å². The second-order valence-corrected chi connectivity index (χ2v) is 5.40. The summed E-state index contributed by atoms with van der Waals surface area (Å²) in [6.07, 6.45) is -4.32. The van der Waals surface area contributed by atoms with Crippen molar-refractivity contribution in [1.82, 2.24) is 4.90 Å². The summed E-state index contributed by atoms with van der Waals surface area (Å²) in [7, 11) is 0. The van der Waals surface area contributed by atoms with Crippen molar-refractivity contribution in [2.75, 3.05) is 18.4 Å². The standard InChI is InChI=1S/C15H23F3N2/c1-11(2)20(12(3)4)10-9-19-14-8-6-5-7-13(14)15(16,17)18/h5-8,11-12,19H,9-10H2,1-4H3. The van der Waals surface area contributed by atoms with E-state index in [-0.39, 0.29) is 5.69 Å². The van der Waals surface area contributed by atoms with E-state index in [0.29, 0.717) is 25.2 Å². The SMILES string of the molecule is CC(C)N(CCNc1ccccc1C(F)(F)F)C(C)C. The highest BCUT2D eigenvalue weighted by atomic mass is 19.4. The van der Waals surface area contributed by atoms with Crippen LogP contribution in [-0.4, -0.2) is 30.1 Å². The summed E-state index contributed by atoms with van der Waals surface area (Å²) in [5, 5.41) is 2.90. The number of alkyl halides is 3. The first-order valence-corrected chi connectivity index (χ1v) is 6.89. The molecule has 0 aliphatic rings. The molecular formula is C15H23F3N2. The van der Waals surface area contributed by atoms with E-state index < -0.39 is 11.7 Å². The molecule has 1 aromatic rings. The zero-order valence-electron chi connectivity index (χ0n) is 12.5. The zero-order valence-corrected chi connectivity index (χ0v) is 12.5. The minimum absolute atomic E-state index is 0.146. The van der Waals surface area contributed by atoms with Gasteiger partial charge in [0.25, 0.3) is 0 Å². The van der Waals surface area contributed by atoms with Crippen LogP contribution < -0.4 is 5.32 Å². The molecule has 0 radical (unpaired) electrons. The topological polar surface area (TPSA) is 15.3 Å². The molecule has 0 spiro atoms. The van der Waals surface area contributed by atoms with Crippen molar-refractivity contribution < 1.29 is 13.2 Å². The Balaban J connectivity index is 2.67. The molecule has 20 heavy (non-hydrogen) atoms. The van der Waals surface area contributed by atoms with Gasteiger partial charge in [-0.1, -0.05) is 12.1 Å². The molecule has 0 saturated heterocycles. The van der Waals surface area contributed by atoms with Gasteiger partial charge in [-0.3, -0.25) is 4.90 Å². The molecule has 0 atom stereocenters. The lowest BCUT2D eigenvalue weighted by molar-refractivity contribution is -0.136. The summed E-state index contributed by atoms with van der Waals surface area (Å²) in [4.78, 5) is 2.24. The van der Waals surface area contributed by atoms with Crippen LogP contribution in [0.4, 0.5) is 18.9 Å². The Morgan fingerprint density at radius 3 is 2.10 bits per heavy atom. The van der Waals surface area contributed by atoms with Gasteiger partial charge in [-0.15, -0.1) is 0 Å². The first-order chi connectivity index (χ1) is 9.23. The summed E-state index contributed by atoms with van der Waals surface area (Å²) < 4.78 is 38.5. The third kappa shape index (κ3) is 4.71. The van der Waals surface area contributed by atoms with Gasteiger partial charge >= 0.3 is 6.18 Å². The molecule has 0 heterocycles. The van der Waals surface area contributed by atoms with Gasteiger partial charge in [-0.05, 0) is 39.8 Å². The molecule has 0 amide bonds. The average molecular weight is 288 g/mol. The van der Waals surface area contributed by atoms with E-state index in [4.69, 9.17) is 0 Å². The number of nitrogens with zero attached hydrogens (tertiary/aromatic N) is 1. The smallest absolute Gasteiger partial charge is 0.383 e. The van der Waals surface area contributed by atoms with Crippen molar-refractivity contribution in [2.45, 2.75) is 46.0 Å². The van der Waals surface area contributed by atoms with Crippen molar-refractivity contribution in [3.63, 3.8) is 0 Å². The van der Waals surface area contributed by atoms with E-state index in [1.807, 2.05) is 0 Å². The molecule has 114 valence electrons. The predicted molar refractivity (Wildman–Crippen MR) is 76.9 cm³/mol. The zero-order chi connectivity index (χ0) is 15.3. The van der Waals surface area contributed by atoms with Crippen LogP contribution in [0, 0.1) is 0 Å². The van der Waals surface area contributed by atoms with Gasteiger partial charge in [0.1, 0.15) is 0 Å². The van der Waals surface area contributed by atoms with E-state index in [1.54, 1.807) is 6.07 Å². The van der Waals surface area contributed by atoms with Crippen LogP contribution >= 0.6 is 0 Å².